The summed E-state index contributed by atoms with van der Waals surface area (Å²) >= 11 is 0. The Morgan fingerprint density at radius 2 is 2.30 bits per heavy atom. The van der Waals surface area contributed by atoms with E-state index in [-0.39, 0.29) is 12.5 Å². The van der Waals surface area contributed by atoms with E-state index in [2.05, 4.69) is 5.32 Å². The molecule has 0 aliphatic carbocycles. The maximum atomic E-state index is 10.7. The van der Waals surface area contributed by atoms with Gasteiger partial charge in [-0.3, -0.25) is 14.8 Å². The molecule has 0 saturated carbocycles. The summed E-state index contributed by atoms with van der Waals surface area (Å²) < 4.78 is 0. The van der Waals surface area contributed by atoms with Crippen LogP contribution in [0.15, 0.2) is 0 Å². The van der Waals surface area contributed by atoms with Crippen molar-refractivity contribution in [3.8, 4) is 0 Å². The molecule has 1 saturated heterocycles. The number of rotatable bonds is 0. The summed E-state index contributed by atoms with van der Waals surface area (Å²) in [6.07, 6.45) is 0. The van der Waals surface area contributed by atoms with Crippen LogP contribution in [0.5, 0.6) is 0 Å². The van der Waals surface area contributed by atoms with Crippen molar-refractivity contribution >= 4 is 11.8 Å². The minimum absolute atomic E-state index is 0.261. The number of nitrogens with one attached hydrogen (secondary N) is 1. The molecule has 5 heteroatoms. The monoisotopic (exact) mass is 144 g/mol. The van der Waals surface area contributed by atoms with Gasteiger partial charge in [-0.15, -0.1) is 0 Å². The molecule has 0 spiro atoms. The number of hydrogen-bond acceptors (Lipinski definition) is 3. The fraction of sp³-hybridized carbons (Fsp3) is 0.600. The lowest BCUT2D eigenvalue weighted by Gasteiger charge is -2.25. The molecule has 1 rings (SSSR count). The first-order valence-corrected chi connectivity index (χ1v) is 2.91. The van der Waals surface area contributed by atoms with Crippen LogP contribution in [0.3, 0.4) is 0 Å². The van der Waals surface area contributed by atoms with E-state index in [1.54, 1.807) is 0 Å². The van der Waals surface area contributed by atoms with Gasteiger partial charge in [-0.1, -0.05) is 0 Å². The molecule has 10 heavy (non-hydrogen) atoms. The molecule has 56 valence electrons. The summed E-state index contributed by atoms with van der Waals surface area (Å²) in [6, 6.07) is -0.605. The topological polar surface area (TPSA) is 69.6 Å². The second-order valence-electron chi connectivity index (χ2n) is 2.19. The van der Waals surface area contributed by atoms with Gasteiger partial charge >= 0.3 is 0 Å². The van der Waals surface area contributed by atoms with Crippen molar-refractivity contribution in [3.63, 3.8) is 0 Å². The summed E-state index contributed by atoms with van der Waals surface area (Å²) in [5, 5.41) is 11.5. The molecule has 0 radical (unpaired) electrons. The van der Waals surface area contributed by atoms with E-state index in [4.69, 9.17) is 5.21 Å². The van der Waals surface area contributed by atoms with Gasteiger partial charge in [-0.05, 0) is 6.92 Å². The van der Waals surface area contributed by atoms with Crippen molar-refractivity contribution < 1.29 is 14.8 Å². The van der Waals surface area contributed by atoms with Gasteiger partial charge in [0.25, 0.3) is 5.91 Å². The van der Waals surface area contributed by atoms with Crippen LogP contribution in [-0.4, -0.2) is 34.7 Å². The van der Waals surface area contributed by atoms with Crippen molar-refractivity contribution in [3.05, 3.63) is 0 Å². The van der Waals surface area contributed by atoms with E-state index in [9.17, 15) is 9.59 Å². The number of hydrogen-bond donors (Lipinski definition) is 2. The summed E-state index contributed by atoms with van der Waals surface area (Å²) in [6.45, 7) is 1.26. The highest BCUT2D eigenvalue weighted by Crippen LogP contribution is 1.96. The highest BCUT2D eigenvalue weighted by molar-refractivity contribution is 5.93. The predicted molar refractivity (Wildman–Crippen MR) is 31.1 cm³/mol. The third-order valence-corrected chi connectivity index (χ3v) is 1.30. The highest BCUT2D eigenvalue weighted by Gasteiger charge is 2.27. The number of hydroxylamine groups is 2. The fourth-order valence-corrected chi connectivity index (χ4v) is 0.786. The van der Waals surface area contributed by atoms with E-state index in [0.717, 1.165) is 0 Å². The van der Waals surface area contributed by atoms with Gasteiger partial charge in [0.1, 0.15) is 12.6 Å². The Kier molecular flexibility index (Phi) is 1.58. The number of nitrogens with zero attached hydrogens (tertiary/aromatic N) is 1. The van der Waals surface area contributed by atoms with Crippen LogP contribution in [0.2, 0.25) is 0 Å². The Morgan fingerprint density at radius 1 is 1.70 bits per heavy atom. The summed E-state index contributed by atoms with van der Waals surface area (Å²) in [7, 11) is 0. The van der Waals surface area contributed by atoms with E-state index in [1.807, 2.05) is 0 Å². The van der Waals surface area contributed by atoms with E-state index in [1.165, 1.54) is 6.92 Å². The van der Waals surface area contributed by atoms with Crippen LogP contribution in [0.1, 0.15) is 6.92 Å². The Morgan fingerprint density at radius 3 is 2.80 bits per heavy atom. The normalized spacial score (nSPS) is 26.6. The number of amides is 2. The molecule has 0 aromatic heterocycles. The Balaban J connectivity index is 2.66. The molecule has 0 bridgehead atoms. The van der Waals surface area contributed by atoms with Gasteiger partial charge < -0.3 is 5.32 Å². The van der Waals surface area contributed by atoms with E-state index < -0.39 is 11.9 Å². The molecular formula is C5H8N2O3. The average Bonchev–Trinajstić information content (AvgIpc) is 1.82. The van der Waals surface area contributed by atoms with Crippen LogP contribution in [0.25, 0.3) is 0 Å². The zero-order chi connectivity index (χ0) is 7.72. The second-order valence-corrected chi connectivity index (χ2v) is 2.19. The molecule has 1 heterocycles. The zero-order valence-electron chi connectivity index (χ0n) is 5.50. The predicted octanol–water partition coefficient (Wildman–Crippen LogP) is -1.28. The number of piperazine rings is 1. The van der Waals surface area contributed by atoms with Crippen LogP contribution in [-0.2, 0) is 9.59 Å². The summed E-state index contributed by atoms with van der Waals surface area (Å²) in [5.74, 6) is -0.811. The van der Waals surface area contributed by atoms with Crippen LogP contribution in [0, 0.1) is 0 Å². The first-order chi connectivity index (χ1) is 4.61. The molecule has 1 aliphatic heterocycles. The first kappa shape index (κ1) is 7.01. The van der Waals surface area contributed by atoms with Crippen LogP contribution < -0.4 is 5.32 Å². The highest BCUT2D eigenvalue weighted by atomic mass is 16.5. The van der Waals surface area contributed by atoms with Crippen molar-refractivity contribution in [2.45, 2.75) is 13.0 Å². The molecule has 0 aromatic carbocycles. The third kappa shape index (κ3) is 1.08. The Bertz CT molecular complexity index is 164. The first-order valence-electron chi connectivity index (χ1n) is 2.91. The molecule has 0 unspecified atom stereocenters. The summed E-state index contributed by atoms with van der Waals surface area (Å²) in [4.78, 5) is 21.3. The van der Waals surface area contributed by atoms with Crippen LogP contribution in [0.4, 0.5) is 0 Å². The minimum atomic E-state index is -0.605. The second kappa shape index (κ2) is 2.26. The van der Waals surface area contributed by atoms with Crippen molar-refractivity contribution in [2.75, 3.05) is 6.54 Å². The Hall–Kier alpha value is -1.10. The molecule has 1 aliphatic rings. The smallest absolute Gasteiger partial charge is 0.268 e. The number of carbonyl (C=O) groups is 2. The van der Waals surface area contributed by atoms with Gasteiger partial charge in [0.2, 0.25) is 5.91 Å². The van der Waals surface area contributed by atoms with Crippen LogP contribution >= 0.6 is 0 Å². The molecule has 1 fully saturated rings. The van der Waals surface area contributed by atoms with Crippen molar-refractivity contribution in [1.82, 2.24) is 10.4 Å². The number of carbonyl (C=O) groups excluding carboxylic acids is 2. The molecular weight excluding hydrogens is 136 g/mol. The lowest BCUT2D eigenvalue weighted by atomic mass is 10.2. The minimum Gasteiger partial charge on any atom is -0.343 e. The van der Waals surface area contributed by atoms with E-state index >= 15 is 0 Å². The van der Waals surface area contributed by atoms with Crippen molar-refractivity contribution in [1.29, 1.82) is 0 Å². The quantitative estimate of drug-likeness (QED) is 0.416. The SMILES string of the molecule is C[C@@H]1NC(=O)CN(O)C1=O. The van der Waals surface area contributed by atoms with Gasteiger partial charge in [-0.2, -0.15) is 0 Å². The van der Waals surface area contributed by atoms with Gasteiger partial charge in [-0.25, -0.2) is 5.06 Å². The third-order valence-electron chi connectivity index (χ3n) is 1.30. The molecule has 5 nitrogen and oxygen atoms in total. The lowest BCUT2D eigenvalue weighted by molar-refractivity contribution is -0.176. The maximum Gasteiger partial charge on any atom is 0.268 e. The lowest BCUT2D eigenvalue weighted by Crippen LogP contribution is -2.55. The standard InChI is InChI=1S/C5H8N2O3/c1-3-5(9)7(10)2-4(8)6-3/h3,10H,2H2,1H3,(H,6,8)/t3-/m0/s1. The molecule has 2 N–H and O–H groups in total. The van der Waals surface area contributed by atoms with Gasteiger partial charge in [0.05, 0.1) is 0 Å². The Labute approximate surface area is 57.6 Å². The molecule has 0 aromatic rings. The molecule has 1 atom stereocenters. The zero-order valence-corrected chi connectivity index (χ0v) is 5.50. The van der Waals surface area contributed by atoms with E-state index in [0.29, 0.717) is 5.06 Å². The largest absolute Gasteiger partial charge is 0.343 e. The van der Waals surface area contributed by atoms with Gasteiger partial charge in [0, 0.05) is 0 Å². The van der Waals surface area contributed by atoms with Crippen molar-refractivity contribution in [2.24, 2.45) is 0 Å². The maximum absolute atomic E-state index is 10.7. The fourth-order valence-electron chi connectivity index (χ4n) is 0.786. The summed E-state index contributed by atoms with van der Waals surface area (Å²) in [5.41, 5.74) is 0. The average molecular weight is 144 g/mol. The van der Waals surface area contributed by atoms with Gasteiger partial charge in [0.15, 0.2) is 0 Å². The molecule has 2 amide bonds.